The normalized spacial score (nSPS) is 13.9. The van der Waals surface area contributed by atoms with Gasteiger partial charge in [-0.1, -0.05) is 18.2 Å². The molecule has 2 rings (SSSR count). The number of hydrogen-bond donors (Lipinski definition) is 8. The zero-order chi connectivity index (χ0) is 26.5. The van der Waals surface area contributed by atoms with E-state index in [1.165, 1.54) is 11.6 Å². The predicted molar refractivity (Wildman–Crippen MR) is 124 cm³/mol. The molecule has 1 amide bonds. The lowest BCUT2D eigenvalue weighted by Gasteiger charge is -2.18. The molecule has 2 aromatic rings. The molecule has 0 fully saturated rings. The number of phenolic OH excluding ortho intramolecular Hbond substituents is 1. The van der Waals surface area contributed by atoms with Crippen molar-refractivity contribution in [3.05, 3.63) is 53.6 Å². The lowest BCUT2D eigenvalue weighted by atomic mass is 10.1. The number of hydrogen-bond acceptors (Lipinski definition) is 9. The number of nitrogens with one attached hydrogen (secondary N) is 2. The van der Waals surface area contributed by atoms with E-state index in [9.17, 15) is 24.6 Å². The average molecular weight is 494 g/mol. The third-order valence-electron chi connectivity index (χ3n) is 4.79. The second-order valence-electron chi connectivity index (χ2n) is 7.48. The average Bonchev–Trinajstić information content (AvgIpc) is 2.83. The summed E-state index contributed by atoms with van der Waals surface area (Å²) in [5.41, 5.74) is 2.07. The fourth-order valence-electron chi connectivity index (χ4n) is 2.83. The molecule has 35 heavy (non-hydrogen) atoms. The number of carbonyl (C=O) groups is 3. The van der Waals surface area contributed by atoms with Crippen LogP contribution in [0.5, 0.6) is 11.5 Å². The summed E-state index contributed by atoms with van der Waals surface area (Å²) in [5.74, 6) is -2.75. The Labute approximate surface area is 201 Å². The summed E-state index contributed by atoms with van der Waals surface area (Å²) >= 11 is 0. The van der Waals surface area contributed by atoms with Crippen LogP contribution in [0.3, 0.4) is 0 Å². The molecule has 0 saturated carbocycles. The number of phenols is 1. The van der Waals surface area contributed by atoms with Crippen molar-refractivity contribution in [1.29, 1.82) is 0 Å². The molecule has 12 nitrogen and oxygen atoms in total. The molecule has 192 valence electrons. The minimum absolute atomic E-state index is 0.0381. The topological polar surface area (TPSA) is 206 Å². The van der Waals surface area contributed by atoms with Crippen molar-refractivity contribution >= 4 is 24.0 Å². The van der Waals surface area contributed by atoms with Crippen LogP contribution < -0.4 is 15.4 Å². The standard InChI is InChI=1S/C19H24N2O4.C4H6O6/c1-13(9-14-3-6-16(25-2)7-4-14)20-11-19(24)15-5-8-18(23)17(10-15)21-12-22;5-1(3(7)8)2(6)4(9)10/h3-8,10,12-13,19-20,23-24H,9,11H2,1-2H3,(H,21,22);1-2,5-6H,(H,7,8)(H,9,10)/t13-,19+;/m0./s1. The van der Waals surface area contributed by atoms with E-state index in [0.29, 0.717) is 18.5 Å². The van der Waals surface area contributed by atoms with Crippen LogP contribution in [-0.2, 0) is 20.8 Å². The van der Waals surface area contributed by atoms with Gasteiger partial charge in [-0.15, -0.1) is 0 Å². The van der Waals surface area contributed by atoms with Gasteiger partial charge in [-0.2, -0.15) is 0 Å². The van der Waals surface area contributed by atoms with E-state index in [4.69, 9.17) is 25.2 Å². The van der Waals surface area contributed by atoms with Gasteiger partial charge < -0.3 is 46.0 Å². The van der Waals surface area contributed by atoms with Crippen molar-refractivity contribution in [2.75, 3.05) is 19.0 Å². The third kappa shape index (κ3) is 9.98. The van der Waals surface area contributed by atoms with Gasteiger partial charge in [-0.3, -0.25) is 4.79 Å². The molecule has 8 N–H and O–H groups in total. The number of ether oxygens (including phenoxy) is 1. The second kappa shape index (κ2) is 14.5. The molecule has 0 spiro atoms. The Hall–Kier alpha value is -3.71. The molecular weight excluding hydrogens is 464 g/mol. The maximum Gasteiger partial charge on any atom is 0.335 e. The molecular formula is C23H30N2O10. The Morgan fingerprint density at radius 3 is 2.06 bits per heavy atom. The van der Waals surface area contributed by atoms with Crippen LogP contribution in [-0.4, -0.2) is 80.9 Å². The van der Waals surface area contributed by atoms with Gasteiger partial charge in [-0.05, 0) is 48.7 Å². The summed E-state index contributed by atoms with van der Waals surface area (Å²) in [6, 6.07) is 12.7. The van der Waals surface area contributed by atoms with Gasteiger partial charge in [0.1, 0.15) is 11.5 Å². The summed E-state index contributed by atoms with van der Waals surface area (Å²) < 4.78 is 5.14. The van der Waals surface area contributed by atoms with E-state index in [2.05, 4.69) is 10.6 Å². The Kier molecular flexibility index (Phi) is 12.2. The van der Waals surface area contributed by atoms with Crippen molar-refractivity contribution in [2.45, 2.75) is 37.7 Å². The maximum absolute atomic E-state index is 10.5. The highest BCUT2D eigenvalue weighted by Crippen LogP contribution is 2.26. The second-order valence-corrected chi connectivity index (χ2v) is 7.48. The number of benzene rings is 2. The van der Waals surface area contributed by atoms with E-state index in [1.807, 2.05) is 31.2 Å². The molecule has 0 aliphatic carbocycles. The fraction of sp³-hybridized carbons (Fsp3) is 0.348. The number of aliphatic hydroxyl groups excluding tert-OH is 3. The molecule has 2 aromatic carbocycles. The van der Waals surface area contributed by atoms with Crippen molar-refractivity contribution in [1.82, 2.24) is 5.32 Å². The van der Waals surface area contributed by atoms with E-state index in [-0.39, 0.29) is 17.5 Å². The largest absolute Gasteiger partial charge is 0.506 e. The van der Waals surface area contributed by atoms with Crippen LogP contribution in [0.2, 0.25) is 0 Å². The monoisotopic (exact) mass is 494 g/mol. The van der Waals surface area contributed by atoms with Crippen LogP contribution >= 0.6 is 0 Å². The number of aliphatic hydroxyl groups is 3. The van der Waals surface area contributed by atoms with E-state index in [1.54, 1.807) is 19.2 Å². The number of carbonyl (C=O) groups excluding carboxylic acids is 1. The van der Waals surface area contributed by atoms with Crippen molar-refractivity contribution in [3.63, 3.8) is 0 Å². The number of carboxylic acid groups (broad SMARTS) is 2. The molecule has 0 heterocycles. The summed E-state index contributed by atoms with van der Waals surface area (Å²) in [5, 5.41) is 58.2. The smallest absolute Gasteiger partial charge is 0.335 e. The molecule has 0 saturated heterocycles. The van der Waals surface area contributed by atoms with E-state index in [0.717, 1.165) is 12.2 Å². The first kappa shape index (κ1) is 29.3. The predicted octanol–water partition coefficient (Wildman–Crippen LogP) is 0.101. The molecule has 0 aromatic heterocycles. The van der Waals surface area contributed by atoms with Gasteiger partial charge in [-0.25, -0.2) is 9.59 Å². The number of amides is 1. The zero-order valence-electron chi connectivity index (χ0n) is 19.2. The van der Waals surface area contributed by atoms with Gasteiger partial charge in [0.15, 0.2) is 12.2 Å². The van der Waals surface area contributed by atoms with Gasteiger partial charge in [0.2, 0.25) is 6.41 Å². The van der Waals surface area contributed by atoms with Crippen LogP contribution in [0.25, 0.3) is 0 Å². The number of rotatable bonds is 12. The van der Waals surface area contributed by atoms with E-state index < -0.39 is 30.3 Å². The molecule has 2 unspecified atom stereocenters. The number of aromatic hydroxyl groups is 1. The summed E-state index contributed by atoms with van der Waals surface area (Å²) in [4.78, 5) is 30.1. The number of carboxylic acids is 2. The van der Waals surface area contributed by atoms with Crippen LogP contribution in [0.15, 0.2) is 42.5 Å². The van der Waals surface area contributed by atoms with Gasteiger partial charge in [0.05, 0.1) is 18.9 Å². The van der Waals surface area contributed by atoms with Crippen LogP contribution in [0, 0.1) is 0 Å². The Bertz CT molecular complexity index is 949. The molecule has 12 heteroatoms. The highest BCUT2D eigenvalue weighted by molar-refractivity contribution is 5.83. The first-order valence-electron chi connectivity index (χ1n) is 10.4. The molecule has 0 aliphatic heterocycles. The Morgan fingerprint density at radius 1 is 1.00 bits per heavy atom. The first-order valence-corrected chi connectivity index (χ1v) is 10.4. The van der Waals surface area contributed by atoms with Gasteiger partial charge in [0, 0.05) is 12.6 Å². The number of aliphatic carboxylic acids is 2. The zero-order valence-corrected chi connectivity index (χ0v) is 19.2. The van der Waals surface area contributed by atoms with Crippen molar-refractivity contribution < 1.29 is 49.8 Å². The quantitative estimate of drug-likeness (QED) is 0.147. The Morgan fingerprint density at radius 2 is 1.57 bits per heavy atom. The van der Waals surface area contributed by atoms with Gasteiger partial charge in [0.25, 0.3) is 0 Å². The lowest BCUT2D eigenvalue weighted by molar-refractivity contribution is -0.165. The summed E-state index contributed by atoms with van der Waals surface area (Å²) in [6.45, 7) is 2.41. The SMILES string of the molecule is COc1ccc(C[C@H](C)NC[C@@H](O)c2ccc(O)c(NC=O)c2)cc1.O=C(O)C(O)C(O)C(=O)O. The molecule has 0 radical (unpaired) electrons. The highest BCUT2D eigenvalue weighted by Gasteiger charge is 2.29. The minimum atomic E-state index is -2.27. The maximum atomic E-state index is 10.5. The third-order valence-corrected chi connectivity index (χ3v) is 4.79. The van der Waals surface area contributed by atoms with Crippen LogP contribution in [0.1, 0.15) is 24.2 Å². The van der Waals surface area contributed by atoms with Crippen molar-refractivity contribution in [2.24, 2.45) is 0 Å². The molecule has 0 aliphatic rings. The molecule has 4 atom stereocenters. The van der Waals surface area contributed by atoms with E-state index >= 15 is 0 Å². The fourth-order valence-corrected chi connectivity index (χ4v) is 2.83. The summed E-state index contributed by atoms with van der Waals surface area (Å²) in [6.07, 6.45) is -3.97. The molecule has 0 bridgehead atoms. The lowest BCUT2D eigenvalue weighted by Crippen LogP contribution is -2.39. The van der Waals surface area contributed by atoms with Gasteiger partial charge >= 0.3 is 11.9 Å². The number of anilines is 1. The van der Waals surface area contributed by atoms with Crippen molar-refractivity contribution in [3.8, 4) is 11.5 Å². The highest BCUT2D eigenvalue weighted by atomic mass is 16.5. The Balaban J connectivity index is 0.000000518. The van der Waals surface area contributed by atoms with Crippen LogP contribution in [0.4, 0.5) is 5.69 Å². The number of methoxy groups -OCH3 is 1. The minimum Gasteiger partial charge on any atom is -0.506 e. The summed E-state index contributed by atoms with van der Waals surface area (Å²) in [7, 11) is 1.64. The first-order chi connectivity index (χ1) is 16.5.